The zero-order chi connectivity index (χ0) is 15.9. The first-order valence-corrected chi connectivity index (χ1v) is 6.82. The number of ether oxygens (including phenoxy) is 1. The van der Waals surface area contributed by atoms with Crippen LogP contribution in [-0.4, -0.2) is 30.1 Å². The number of methoxy groups -OCH3 is 1. The lowest BCUT2D eigenvalue weighted by atomic mass is 10.0. The van der Waals surface area contributed by atoms with Crippen molar-refractivity contribution in [3.05, 3.63) is 65.7 Å². The Hall–Kier alpha value is -2.82. The van der Waals surface area contributed by atoms with Crippen molar-refractivity contribution in [2.24, 2.45) is 0 Å². The number of carbonyl (C=O) groups is 2. The minimum absolute atomic E-state index is 0.186. The third kappa shape index (κ3) is 4.09. The van der Waals surface area contributed by atoms with Crippen molar-refractivity contribution in [2.45, 2.75) is 12.5 Å². The monoisotopic (exact) mass is 299 g/mol. The average Bonchev–Trinajstić information content (AvgIpc) is 2.55. The van der Waals surface area contributed by atoms with Gasteiger partial charge in [0.05, 0.1) is 7.11 Å². The van der Waals surface area contributed by atoms with Crippen LogP contribution in [0.5, 0.6) is 5.75 Å². The Morgan fingerprint density at radius 1 is 1.14 bits per heavy atom. The van der Waals surface area contributed by atoms with E-state index in [4.69, 9.17) is 4.74 Å². The number of benzene rings is 2. The maximum Gasteiger partial charge on any atom is 0.326 e. The zero-order valence-corrected chi connectivity index (χ0v) is 12.2. The van der Waals surface area contributed by atoms with Gasteiger partial charge in [0.15, 0.2) is 0 Å². The summed E-state index contributed by atoms with van der Waals surface area (Å²) in [6, 6.07) is 14.6. The van der Waals surface area contributed by atoms with E-state index in [1.165, 1.54) is 0 Å². The molecule has 2 N–H and O–H groups in total. The number of aliphatic carboxylic acids is 1. The summed E-state index contributed by atoms with van der Waals surface area (Å²) >= 11 is 0. The molecule has 0 aliphatic rings. The summed E-state index contributed by atoms with van der Waals surface area (Å²) in [6.07, 6.45) is 0.186. The molecule has 0 aromatic heterocycles. The summed E-state index contributed by atoms with van der Waals surface area (Å²) < 4.78 is 5.11. The van der Waals surface area contributed by atoms with E-state index in [1.807, 2.05) is 0 Å². The molecule has 5 nitrogen and oxygen atoms in total. The Morgan fingerprint density at radius 2 is 1.86 bits per heavy atom. The molecule has 0 unspecified atom stereocenters. The van der Waals surface area contributed by atoms with Crippen molar-refractivity contribution in [1.29, 1.82) is 0 Å². The number of carbonyl (C=O) groups excluding carboxylic acids is 1. The first kappa shape index (κ1) is 15.6. The van der Waals surface area contributed by atoms with Crippen molar-refractivity contribution in [3.63, 3.8) is 0 Å². The first-order chi connectivity index (χ1) is 10.6. The molecule has 1 amide bonds. The smallest absolute Gasteiger partial charge is 0.326 e. The van der Waals surface area contributed by atoms with Crippen molar-refractivity contribution in [3.8, 4) is 5.75 Å². The normalized spacial score (nSPS) is 11.5. The van der Waals surface area contributed by atoms with E-state index in [0.717, 1.165) is 5.56 Å². The Labute approximate surface area is 128 Å². The lowest BCUT2D eigenvalue weighted by molar-refractivity contribution is -0.139. The number of hydrogen-bond acceptors (Lipinski definition) is 3. The van der Waals surface area contributed by atoms with E-state index >= 15 is 0 Å². The minimum Gasteiger partial charge on any atom is -0.497 e. The number of hydrogen-bond donors (Lipinski definition) is 2. The van der Waals surface area contributed by atoms with Gasteiger partial charge in [-0.2, -0.15) is 0 Å². The highest BCUT2D eigenvalue weighted by Crippen LogP contribution is 2.14. The van der Waals surface area contributed by atoms with Gasteiger partial charge in [-0.3, -0.25) is 4.79 Å². The highest BCUT2D eigenvalue weighted by atomic mass is 16.5. The molecule has 0 saturated heterocycles. The van der Waals surface area contributed by atoms with Gasteiger partial charge in [0.2, 0.25) is 0 Å². The fourth-order valence-electron chi connectivity index (χ4n) is 2.07. The van der Waals surface area contributed by atoms with Gasteiger partial charge < -0.3 is 15.2 Å². The molecule has 2 rings (SSSR count). The molecule has 0 aliphatic heterocycles. The molecule has 2 aromatic rings. The molecule has 5 heteroatoms. The van der Waals surface area contributed by atoms with Gasteiger partial charge in [0, 0.05) is 12.0 Å². The standard InChI is InChI=1S/C17H17NO4/c1-22-14-9-5-6-12(10-14)11-15(17(20)21)18-16(19)13-7-3-2-4-8-13/h2-10,15H,11H2,1H3,(H,18,19)(H,20,21)/t15-/m0/s1. The molecular weight excluding hydrogens is 282 g/mol. The van der Waals surface area contributed by atoms with E-state index in [2.05, 4.69) is 5.32 Å². The summed E-state index contributed by atoms with van der Waals surface area (Å²) in [6.45, 7) is 0. The Morgan fingerprint density at radius 3 is 2.50 bits per heavy atom. The summed E-state index contributed by atoms with van der Waals surface area (Å²) in [5.41, 5.74) is 1.21. The van der Waals surface area contributed by atoms with Gasteiger partial charge in [-0.05, 0) is 29.8 Å². The maximum atomic E-state index is 12.1. The molecule has 0 spiro atoms. The van der Waals surface area contributed by atoms with Gasteiger partial charge in [-0.25, -0.2) is 4.79 Å². The van der Waals surface area contributed by atoms with Gasteiger partial charge >= 0.3 is 5.97 Å². The van der Waals surface area contributed by atoms with E-state index < -0.39 is 17.9 Å². The highest BCUT2D eigenvalue weighted by Gasteiger charge is 2.21. The summed E-state index contributed by atoms with van der Waals surface area (Å²) in [5.74, 6) is -0.834. The third-order valence-corrected chi connectivity index (χ3v) is 3.21. The van der Waals surface area contributed by atoms with E-state index in [-0.39, 0.29) is 6.42 Å². The van der Waals surface area contributed by atoms with Crippen molar-refractivity contribution in [1.82, 2.24) is 5.32 Å². The molecule has 0 heterocycles. The third-order valence-electron chi connectivity index (χ3n) is 3.21. The molecule has 0 saturated carbocycles. The second-order valence-electron chi connectivity index (χ2n) is 4.79. The van der Waals surface area contributed by atoms with Crippen LogP contribution in [0.15, 0.2) is 54.6 Å². The fraction of sp³-hybridized carbons (Fsp3) is 0.176. The van der Waals surface area contributed by atoms with Crippen LogP contribution in [-0.2, 0) is 11.2 Å². The molecule has 0 bridgehead atoms. The summed E-state index contributed by atoms with van der Waals surface area (Å²) in [4.78, 5) is 23.5. The predicted molar refractivity (Wildman–Crippen MR) is 82.0 cm³/mol. The lowest BCUT2D eigenvalue weighted by Gasteiger charge is -2.15. The number of nitrogens with one attached hydrogen (secondary N) is 1. The van der Waals surface area contributed by atoms with Crippen LogP contribution in [0, 0.1) is 0 Å². The number of carboxylic acid groups (broad SMARTS) is 1. The van der Waals surface area contributed by atoms with Crippen molar-refractivity contribution >= 4 is 11.9 Å². The molecule has 1 atom stereocenters. The van der Waals surface area contributed by atoms with Crippen LogP contribution >= 0.6 is 0 Å². The summed E-state index contributed by atoms with van der Waals surface area (Å²) in [7, 11) is 1.55. The van der Waals surface area contributed by atoms with Crippen molar-refractivity contribution in [2.75, 3.05) is 7.11 Å². The molecule has 2 aromatic carbocycles. The SMILES string of the molecule is COc1cccc(C[C@H](NC(=O)c2ccccc2)C(=O)O)c1. The second-order valence-corrected chi connectivity index (χ2v) is 4.79. The molecular formula is C17H17NO4. The first-order valence-electron chi connectivity index (χ1n) is 6.82. The summed E-state index contributed by atoms with van der Waals surface area (Å²) in [5, 5.41) is 11.9. The molecule has 0 radical (unpaired) electrons. The fourth-order valence-corrected chi connectivity index (χ4v) is 2.07. The topological polar surface area (TPSA) is 75.6 Å². The zero-order valence-electron chi connectivity index (χ0n) is 12.2. The molecule has 114 valence electrons. The molecule has 22 heavy (non-hydrogen) atoms. The number of carboxylic acids is 1. The van der Waals surface area contributed by atoms with Gasteiger partial charge in [0.25, 0.3) is 5.91 Å². The number of rotatable bonds is 6. The number of amides is 1. The predicted octanol–water partition coefficient (Wildman–Crippen LogP) is 2.12. The largest absolute Gasteiger partial charge is 0.497 e. The Balaban J connectivity index is 2.10. The average molecular weight is 299 g/mol. The second kappa shape index (κ2) is 7.26. The van der Waals surface area contributed by atoms with Crippen LogP contribution in [0.3, 0.4) is 0 Å². The van der Waals surface area contributed by atoms with Crippen LogP contribution in [0.25, 0.3) is 0 Å². The van der Waals surface area contributed by atoms with Gasteiger partial charge in [-0.15, -0.1) is 0 Å². The van der Waals surface area contributed by atoms with Crippen LogP contribution in [0.1, 0.15) is 15.9 Å². The molecule has 0 fully saturated rings. The Bertz CT molecular complexity index is 655. The molecule has 0 aliphatic carbocycles. The van der Waals surface area contributed by atoms with E-state index in [0.29, 0.717) is 11.3 Å². The van der Waals surface area contributed by atoms with Crippen LogP contribution < -0.4 is 10.1 Å². The van der Waals surface area contributed by atoms with Gasteiger partial charge in [0.1, 0.15) is 11.8 Å². The van der Waals surface area contributed by atoms with E-state index in [1.54, 1.807) is 61.7 Å². The lowest BCUT2D eigenvalue weighted by Crippen LogP contribution is -2.42. The van der Waals surface area contributed by atoms with Crippen molar-refractivity contribution < 1.29 is 19.4 Å². The van der Waals surface area contributed by atoms with Crippen LogP contribution in [0.2, 0.25) is 0 Å². The highest BCUT2D eigenvalue weighted by molar-refractivity contribution is 5.96. The van der Waals surface area contributed by atoms with Gasteiger partial charge in [-0.1, -0.05) is 30.3 Å². The maximum absolute atomic E-state index is 12.1. The quantitative estimate of drug-likeness (QED) is 0.856. The van der Waals surface area contributed by atoms with Crippen LogP contribution in [0.4, 0.5) is 0 Å². The minimum atomic E-state index is -1.08. The van der Waals surface area contributed by atoms with E-state index in [9.17, 15) is 14.7 Å². The Kier molecular flexibility index (Phi) is 5.14.